The number of hydrogen-bond acceptors (Lipinski definition) is 3. The molecule has 5 nitrogen and oxygen atoms in total. The molecule has 0 radical (unpaired) electrons. The van der Waals surface area contributed by atoms with Gasteiger partial charge in [-0.15, -0.1) is 0 Å². The molecule has 1 aliphatic heterocycles. The highest BCUT2D eigenvalue weighted by Gasteiger charge is 2.29. The quantitative estimate of drug-likeness (QED) is 0.820. The molecule has 1 unspecified atom stereocenters. The number of nitrogens with zero attached hydrogens (tertiary/aromatic N) is 2. The first-order chi connectivity index (χ1) is 11.1. The normalized spacial score (nSPS) is 19.1. The minimum atomic E-state index is 0.0245. The summed E-state index contributed by atoms with van der Waals surface area (Å²) in [6.07, 6.45) is 1.08. The van der Waals surface area contributed by atoms with E-state index in [-0.39, 0.29) is 18.2 Å². The summed E-state index contributed by atoms with van der Waals surface area (Å²) >= 11 is 0. The number of amides is 2. The zero-order valence-corrected chi connectivity index (χ0v) is 14.5. The number of nitrogens with one attached hydrogen (secondary N) is 1. The van der Waals surface area contributed by atoms with Crippen molar-refractivity contribution in [1.29, 1.82) is 0 Å². The maximum atomic E-state index is 12.5. The van der Waals surface area contributed by atoms with Crippen LogP contribution in [0, 0.1) is 0 Å². The summed E-state index contributed by atoms with van der Waals surface area (Å²) in [5.74, 6) is 0. The lowest BCUT2D eigenvalue weighted by atomic mass is 10.0. The van der Waals surface area contributed by atoms with Crippen molar-refractivity contribution < 1.29 is 9.53 Å². The van der Waals surface area contributed by atoms with Gasteiger partial charge in [0.05, 0.1) is 12.1 Å². The molecule has 0 bridgehead atoms. The number of hydrogen-bond donors (Lipinski definition) is 1. The Kier molecular flexibility index (Phi) is 6.86. The molecule has 2 amide bonds. The number of rotatable bonds is 6. The average molecular weight is 319 g/mol. The molecule has 2 rings (SSSR count). The van der Waals surface area contributed by atoms with Crippen LogP contribution < -0.4 is 5.32 Å². The van der Waals surface area contributed by atoms with Crippen LogP contribution in [0.15, 0.2) is 30.3 Å². The molecule has 1 N–H and O–H groups in total. The highest BCUT2D eigenvalue weighted by Crippen LogP contribution is 2.24. The van der Waals surface area contributed by atoms with Crippen molar-refractivity contribution in [2.75, 3.05) is 39.8 Å². The molecule has 23 heavy (non-hydrogen) atoms. The van der Waals surface area contributed by atoms with Crippen molar-refractivity contribution in [1.82, 2.24) is 15.1 Å². The third-order valence-corrected chi connectivity index (χ3v) is 4.08. The van der Waals surface area contributed by atoms with Gasteiger partial charge in [-0.05, 0) is 32.9 Å². The van der Waals surface area contributed by atoms with Gasteiger partial charge < -0.3 is 19.9 Å². The fourth-order valence-corrected chi connectivity index (χ4v) is 2.81. The molecule has 1 aromatic rings. The maximum absolute atomic E-state index is 12.5. The van der Waals surface area contributed by atoms with E-state index in [2.05, 4.69) is 29.4 Å². The van der Waals surface area contributed by atoms with Gasteiger partial charge in [0.1, 0.15) is 0 Å². The van der Waals surface area contributed by atoms with Crippen LogP contribution in [-0.4, -0.2) is 61.8 Å². The molecular weight excluding hydrogens is 290 g/mol. The molecule has 1 fully saturated rings. The largest absolute Gasteiger partial charge is 0.379 e. The van der Waals surface area contributed by atoms with E-state index in [1.165, 1.54) is 5.56 Å². The molecule has 0 spiro atoms. The van der Waals surface area contributed by atoms with Gasteiger partial charge in [-0.3, -0.25) is 0 Å². The number of carbonyl (C=O) groups excluding carboxylic acids is 1. The summed E-state index contributed by atoms with van der Waals surface area (Å²) in [6, 6.07) is 10.4. The minimum Gasteiger partial charge on any atom is -0.379 e. The summed E-state index contributed by atoms with van der Waals surface area (Å²) in [6.45, 7) is 7.91. The van der Waals surface area contributed by atoms with E-state index in [9.17, 15) is 4.79 Å². The molecule has 0 saturated carbocycles. The highest BCUT2D eigenvalue weighted by molar-refractivity contribution is 5.75. The van der Waals surface area contributed by atoms with Crippen molar-refractivity contribution >= 4 is 6.03 Å². The van der Waals surface area contributed by atoms with Crippen molar-refractivity contribution in [3.63, 3.8) is 0 Å². The van der Waals surface area contributed by atoms with Crippen LogP contribution in [0.3, 0.4) is 0 Å². The second-order valence-electron chi connectivity index (χ2n) is 6.39. The van der Waals surface area contributed by atoms with Crippen LogP contribution in [0.4, 0.5) is 4.79 Å². The van der Waals surface area contributed by atoms with Gasteiger partial charge in [0, 0.05) is 32.8 Å². The predicted octanol–water partition coefficient (Wildman–Crippen LogP) is 2.50. The molecule has 1 heterocycles. The smallest absolute Gasteiger partial charge is 0.318 e. The average Bonchev–Trinajstić information content (AvgIpc) is 2.54. The summed E-state index contributed by atoms with van der Waals surface area (Å²) < 4.78 is 5.50. The van der Waals surface area contributed by atoms with E-state index in [4.69, 9.17) is 4.74 Å². The van der Waals surface area contributed by atoms with Gasteiger partial charge >= 0.3 is 6.03 Å². The summed E-state index contributed by atoms with van der Waals surface area (Å²) in [5.41, 5.74) is 1.19. The topological polar surface area (TPSA) is 44.8 Å². The molecule has 0 aliphatic carbocycles. The molecule has 128 valence electrons. The van der Waals surface area contributed by atoms with E-state index < -0.39 is 0 Å². The third kappa shape index (κ3) is 5.52. The molecule has 1 saturated heterocycles. The third-order valence-electron chi connectivity index (χ3n) is 4.08. The number of urea groups is 1. The lowest BCUT2D eigenvalue weighted by Crippen LogP contribution is -2.52. The zero-order valence-electron chi connectivity index (χ0n) is 14.5. The second kappa shape index (κ2) is 8.89. The van der Waals surface area contributed by atoms with Crippen LogP contribution in [-0.2, 0) is 4.74 Å². The second-order valence-corrected chi connectivity index (χ2v) is 6.39. The van der Waals surface area contributed by atoms with E-state index in [0.717, 1.165) is 26.1 Å². The van der Waals surface area contributed by atoms with Crippen molar-refractivity contribution in [3.8, 4) is 0 Å². The van der Waals surface area contributed by atoms with Gasteiger partial charge in [-0.2, -0.15) is 0 Å². The Hall–Kier alpha value is -1.59. The Labute approximate surface area is 139 Å². The number of piperazine rings is 1. The Bertz CT molecular complexity index is 478. The van der Waals surface area contributed by atoms with Crippen LogP contribution in [0.25, 0.3) is 0 Å². The van der Waals surface area contributed by atoms with E-state index >= 15 is 0 Å². The van der Waals surface area contributed by atoms with Crippen LogP contribution in [0.2, 0.25) is 0 Å². The molecule has 0 aromatic heterocycles. The fraction of sp³-hybridized carbons (Fsp3) is 0.611. The molecule has 5 heteroatoms. The predicted molar refractivity (Wildman–Crippen MR) is 92.5 cm³/mol. The van der Waals surface area contributed by atoms with E-state index in [0.29, 0.717) is 13.2 Å². The summed E-state index contributed by atoms with van der Waals surface area (Å²) in [5, 5.41) is 3.03. The highest BCUT2D eigenvalue weighted by atomic mass is 16.5. The first-order valence-electron chi connectivity index (χ1n) is 8.47. The molecule has 1 atom stereocenters. The van der Waals surface area contributed by atoms with Crippen molar-refractivity contribution in [3.05, 3.63) is 35.9 Å². The Morgan fingerprint density at radius 2 is 2.04 bits per heavy atom. The van der Waals surface area contributed by atoms with Gasteiger partial charge in [0.15, 0.2) is 0 Å². The number of ether oxygens (including phenoxy) is 1. The first-order valence-corrected chi connectivity index (χ1v) is 8.47. The fourth-order valence-electron chi connectivity index (χ4n) is 2.81. The van der Waals surface area contributed by atoms with Gasteiger partial charge in [0.25, 0.3) is 0 Å². The SMILES string of the molecule is CC(C)OCCCNC(=O)N1CCN(C)CC1c1ccccc1. The summed E-state index contributed by atoms with van der Waals surface area (Å²) in [7, 11) is 2.11. The lowest BCUT2D eigenvalue weighted by Gasteiger charge is -2.40. The number of carbonyl (C=O) groups is 1. The zero-order chi connectivity index (χ0) is 16.7. The van der Waals surface area contributed by atoms with Gasteiger partial charge in [0.2, 0.25) is 0 Å². The molecule has 1 aliphatic rings. The van der Waals surface area contributed by atoms with Crippen LogP contribution in [0.5, 0.6) is 0 Å². The Morgan fingerprint density at radius 1 is 1.30 bits per heavy atom. The minimum absolute atomic E-state index is 0.0245. The van der Waals surface area contributed by atoms with E-state index in [1.807, 2.05) is 36.9 Å². The van der Waals surface area contributed by atoms with Crippen molar-refractivity contribution in [2.24, 2.45) is 0 Å². The first kappa shape index (κ1) is 17.8. The van der Waals surface area contributed by atoms with Gasteiger partial charge in [-0.25, -0.2) is 4.79 Å². The maximum Gasteiger partial charge on any atom is 0.318 e. The molecule has 1 aromatic carbocycles. The standard InChI is InChI=1S/C18H29N3O2/c1-15(2)23-13-7-10-19-18(22)21-12-11-20(3)14-17(21)16-8-5-4-6-9-16/h4-6,8-9,15,17H,7,10-14H2,1-3H3,(H,19,22). The van der Waals surface area contributed by atoms with Crippen molar-refractivity contribution in [2.45, 2.75) is 32.4 Å². The Balaban J connectivity index is 1.89. The Morgan fingerprint density at radius 3 is 2.74 bits per heavy atom. The molecular formula is C18H29N3O2. The van der Waals surface area contributed by atoms with Gasteiger partial charge in [-0.1, -0.05) is 30.3 Å². The van der Waals surface area contributed by atoms with Crippen LogP contribution in [0.1, 0.15) is 31.9 Å². The number of benzene rings is 1. The number of likely N-dealkylation sites (N-methyl/N-ethyl adjacent to an activating group) is 1. The summed E-state index contributed by atoms with van der Waals surface area (Å²) in [4.78, 5) is 16.8. The van der Waals surface area contributed by atoms with Crippen LogP contribution >= 0.6 is 0 Å². The monoisotopic (exact) mass is 319 g/mol. The van der Waals surface area contributed by atoms with E-state index in [1.54, 1.807) is 0 Å². The lowest BCUT2D eigenvalue weighted by molar-refractivity contribution is 0.0762.